The van der Waals surface area contributed by atoms with Crippen LogP contribution >= 0.6 is 0 Å². The van der Waals surface area contributed by atoms with Crippen molar-refractivity contribution in [1.29, 1.82) is 0 Å². The van der Waals surface area contributed by atoms with Gasteiger partial charge in [0.05, 0.1) is 45.2 Å². The lowest BCUT2D eigenvalue weighted by molar-refractivity contribution is 0.660. The van der Waals surface area contributed by atoms with Crippen LogP contribution in [0.1, 0.15) is 99.9 Å². The van der Waals surface area contributed by atoms with Gasteiger partial charge in [-0.15, -0.1) is 0 Å². The minimum Gasteiger partial charge on any atom is -0.292 e. The van der Waals surface area contributed by atoms with Crippen LogP contribution in [0.15, 0.2) is 449 Å². The second-order valence-electron chi connectivity index (χ2n) is 40.5. The van der Waals surface area contributed by atoms with Gasteiger partial charge in [0.15, 0.2) is 5.82 Å². The highest BCUT2D eigenvalue weighted by molar-refractivity contribution is 6.18. The molecule has 19 aromatic carbocycles. The van der Waals surface area contributed by atoms with Crippen molar-refractivity contribution in [3.05, 3.63) is 493 Å². The summed E-state index contributed by atoms with van der Waals surface area (Å²) in [5, 5.41) is 6.89. The zero-order chi connectivity index (χ0) is 94.7. The van der Waals surface area contributed by atoms with Crippen molar-refractivity contribution in [2.24, 2.45) is 0 Å². The molecule has 23 aromatic rings. The average molecular weight is 1800 g/mol. The largest absolute Gasteiger partial charge is 0.292 e. The van der Waals surface area contributed by atoms with Gasteiger partial charge in [0.1, 0.15) is 5.82 Å². The highest BCUT2D eigenvalue weighted by Gasteiger charge is 2.41. The quantitative estimate of drug-likeness (QED) is 0.108. The van der Waals surface area contributed by atoms with Crippen molar-refractivity contribution in [2.45, 2.75) is 77.0 Å². The van der Waals surface area contributed by atoms with Crippen LogP contribution in [0.2, 0.25) is 0 Å². The first kappa shape index (κ1) is 84.3. The summed E-state index contributed by atoms with van der Waals surface area (Å²) >= 11 is 0. The van der Waals surface area contributed by atoms with E-state index in [1.54, 1.807) is 0 Å². The molecule has 0 bridgehead atoms. The number of hydrogen-bond acceptors (Lipinski definition) is 5. The summed E-state index contributed by atoms with van der Waals surface area (Å²) in [6, 6.07) is 163. The third-order valence-corrected chi connectivity index (χ3v) is 30.9. The molecule has 0 saturated heterocycles. The molecular weight excluding hydrogens is 1710 g/mol. The lowest BCUT2D eigenvalue weighted by Gasteiger charge is -2.22. The number of fused-ring (bicyclic) bond motifs is 18. The topological polar surface area (TPSA) is 69.4 Å². The van der Waals surface area contributed by atoms with Crippen LogP contribution in [0.4, 0.5) is 0 Å². The minimum absolute atomic E-state index is 0.114. The van der Waals surface area contributed by atoms with E-state index in [9.17, 15) is 0 Å². The van der Waals surface area contributed by atoms with E-state index in [0.29, 0.717) is 5.82 Å². The summed E-state index contributed by atoms with van der Waals surface area (Å²) in [6.07, 6.45) is 0. The van der Waals surface area contributed by atoms with Crippen LogP contribution in [-0.2, 0) is 21.7 Å². The molecule has 4 heterocycles. The van der Waals surface area contributed by atoms with Crippen LogP contribution < -0.4 is 0 Å². The molecule has 0 N–H and O–H groups in total. The highest BCUT2D eigenvalue weighted by Crippen LogP contribution is 2.57. The zero-order valence-electron chi connectivity index (χ0n) is 79.9. The van der Waals surface area contributed by atoms with Gasteiger partial charge in [-0.2, -0.15) is 0 Å². The Kier molecular flexibility index (Phi) is 19.6. The summed E-state index contributed by atoms with van der Waals surface area (Å²) in [4.78, 5) is 27.1. The van der Waals surface area contributed by atoms with Gasteiger partial charge >= 0.3 is 0 Å². The van der Waals surface area contributed by atoms with Crippen molar-refractivity contribution in [3.63, 3.8) is 0 Å². The Balaban J connectivity index is 0.000000145. The Labute approximate surface area is 822 Å². The van der Waals surface area contributed by atoms with Gasteiger partial charge < -0.3 is 0 Å². The molecule has 0 unspecified atom stereocenters. The Morgan fingerprint density at radius 2 is 0.454 bits per heavy atom. The van der Waals surface area contributed by atoms with Crippen LogP contribution in [0.3, 0.4) is 0 Å². The summed E-state index contributed by atoms with van der Waals surface area (Å²) < 4.78 is 2.34. The Morgan fingerprint density at radius 3 is 0.858 bits per heavy atom. The fraction of sp³-hybridized carbons (Fsp3) is 0.0889. The second kappa shape index (κ2) is 32.8. The molecule has 4 aromatic heterocycles. The molecule has 141 heavy (non-hydrogen) atoms. The van der Waals surface area contributed by atoms with Crippen LogP contribution in [-0.4, -0.2) is 29.5 Å². The third-order valence-electron chi connectivity index (χ3n) is 30.9. The molecule has 4 aliphatic carbocycles. The molecule has 6 nitrogen and oxygen atoms in total. The van der Waals surface area contributed by atoms with Gasteiger partial charge in [0.25, 0.3) is 0 Å². The summed E-state index contributed by atoms with van der Waals surface area (Å²) in [5.41, 5.74) is 47.4. The van der Waals surface area contributed by atoms with E-state index in [4.69, 9.17) is 24.9 Å². The number of aromatic nitrogens is 6. The second-order valence-corrected chi connectivity index (χ2v) is 40.5. The molecule has 4 aliphatic rings. The lowest BCUT2D eigenvalue weighted by Crippen LogP contribution is -2.15. The monoisotopic (exact) mass is 1800 g/mol. The predicted octanol–water partition coefficient (Wildman–Crippen LogP) is 35.0. The maximum absolute atomic E-state index is 5.70. The maximum atomic E-state index is 5.70. The normalized spacial score (nSPS) is 13.8. The van der Waals surface area contributed by atoms with E-state index < -0.39 is 0 Å². The molecule has 0 saturated carbocycles. The molecule has 27 rings (SSSR count). The Hall–Kier alpha value is -17.2. The van der Waals surface area contributed by atoms with Crippen LogP contribution in [0.25, 0.3) is 228 Å². The molecule has 0 spiro atoms. The molecule has 668 valence electrons. The van der Waals surface area contributed by atoms with Gasteiger partial charge in [-0.3, -0.25) is 4.57 Å². The van der Waals surface area contributed by atoms with Gasteiger partial charge in [-0.25, -0.2) is 24.9 Å². The van der Waals surface area contributed by atoms with Gasteiger partial charge in [0.2, 0.25) is 0 Å². The first-order valence-electron chi connectivity index (χ1n) is 49.2. The summed E-state index contributed by atoms with van der Waals surface area (Å²) in [7, 11) is 0. The third kappa shape index (κ3) is 13.8. The van der Waals surface area contributed by atoms with Crippen LogP contribution in [0.5, 0.6) is 0 Å². The first-order valence-corrected chi connectivity index (χ1v) is 49.2. The van der Waals surface area contributed by atoms with Crippen LogP contribution in [0, 0.1) is 0 Å². The first-order chi connectivity index (χ1) is 68.9. The molecule has 0 aliphatic heterocycles. The molecular formula is C135H98N6. The maximum Gasteiger partial charge on any atom is 0.160 e. The number of imidazole rings is 1. The Morgan fingerprint density at radius 1 is 0.170 bits per heavy atom. The van der Waals surface area contributed by atoms with E-state index in [0.717, 1.165) is 145 Å². The van der Waals surface area contributed by atoms with Gasteiger partial charge in [-0.1, -0.05) is 438 Å². The SMILES string of the molecule is CC1(C)c2ccccc2-c2ccc(-c3cc(-c4ccc(-c5cc(-c6ccccc6)nc(-c6ccccc6)n5)cc4)c4cc(-c5ccc6c(c5)C(C)(C)c5ccccc5-6)c5ccccc5c4n3)cc21.CC1(C)c2ccccc2-c2ccc(-c3cc(-c4ccc(-n5c(-c6ccccc6)nc(-c6ccccc6)c5-c5ccccc5)cc4)c4cc(-c5ccc6c(c5)C(C)(C)c5ccccc5-6)c5ccccc5c4n3)cc21. The smallest absolute Gasteiger partial charge is 0.160 e. The summed E-state index contributed by atoms with van der Waals surface area (Å²) in [6.45, 7) is 18.8. The number of benzene rings is 19. The molecule has 0 amide bonds. The number of pyridine rings is 2. The van der Waals surface area contributed by atoms with E-state index in [1.165, 1.54) is 122 Å². The predicted molar refractivity (Wildman–Crippen MR) is 587 cm³/mol. The van der Waals surface area contributed by atoms with Crippen molar-refractivity contribution in [1.82, 2.24) is 29.5 Å². The zero-order valence-corrected chi connectivity index (χ0v) is 79.9. The van der Waals surface area contributed by atoms with E-state index in [1.807, 2.05) is 24.3 Å². The van der Waals surface area contributed by atoms with E-state index in [2.05, 4.69) is 485 Å². The molecule has 0 fully saturated rings. The highest BCUT2D eigenvalue weighted by atomic mass is 15.1. The van der Waals surface area contributed by atoms with E-state index >= 15 is 0 Å². The lowest BCUT2D eigenvalue weighted by atomic mass is 9.81. The van der Waals surface area contributed by atoms with E-state index in [-0.39, 0.29) is 21.7 Å². The Bertz CT molecular complexity index is 8980. The fourth-order valence-electron chi connectivity index (χ4n) is 23.6. The fourth-order valence-corrected chi connectivity index (χ4v) is 23.6. The molecule has 6 heteroatoms. The van der Waals surface area contributed by atoms with Crippen molar-refractivity contribution < 1.29 is 0 Å². The molecule has 0 radical (unpaired) electrons. The van der Waals surface area contributed by atoms with Crippen molar-refractivity contribution in [3.8, 4) is 185 Å². The van der Waals surface area contributed by atoms with Gasteiger partial charge in [-0.05, 0) is 211 Å². The summed E-state index contributed by atoms with van der Waals surface area (Å²) in [5.74, 6) is 1.59. The number of hydrogen-bond donors (Lipinski definition) is 0. The number of rotatable bonds is 13. The average Bonchev–Trinajstić information content (AvgIpc) is 1.48. The number of nitrogens with zero attached hydrogens (tertiary/aromatic N) is 6. The van der Waals surface area contributed by atoms with Gasteiger partial charge in [0, 0.05) is 93.4 Å². The molecule has 0 atom stereocenters. The van der Waals surface area contributed by atoms with Crippen molar-refractivity contribution in [2.75, 3.05) is 0 Å². The minimum atomic E-state index is -0.143. The standard InChI is InChI=1S/C70H51N3.C65H47N3/c1-69(2)60-30-18-16-27-52(60)54-38-34-48(40-62(54)69)57-42-59-58(43-64(71-66(59)56-29-15-14-26-51(56)57)49-35-39-55-53-28-17-19-31-61(53)70(3,4)63(55)41-49)44-32-36-50(37-33-44)73-67(46-22-10-6-11-23-46)65(45-20-8-5-9-21-45)72-68(73)47-24-12-7-13-25-47;1-64(2)55-25-15-13-22-47(55)49-33-31-44(35-57(49)64)52-37-54-53(40-27-29-42(30-28-40)61-39-60(41-17-7-5-8-18-41)67-63(68-61)43-19-9-6-10-20-43)38-59(66-62(54)51-24-12-11-21-46(51)52)45-32-34-50-48-23-14-16-26-56(48)65(3,4)58(50)36-45/h5-43H,1-4H3;5-39H,1-4H3. The van der Waals surface area contributed by atoms with Crippen molar-refractivity contribution >= 4 is 43.4 Å².